The quantitative estimate of drug-likeness (QED) is 0.0584. The van der Waals surface area contributed by atoms with Gasteiger partial charge in [0.1, 0.15) is 6.54 Å². The number of hydrogen-bond donors (Lipinski definition) is 0. The van der Waals surface area contributed by atoms with Crippen LogP contribution in [-0.4, -0.2) is 0 Å². The van der Waals surface area contributed by atoms with Crippen molar-refractivity contribution in [1.82, 2.24) is 0 Å². The second kappa shape index (κ2) is 32.1. The van der Waals surface area contributed by atoms with Gasteiger partial charge in [-0.15, -0.1) is 0 Å². The standard InChI is InChI=1S/C40H76N/c1-3-5-7-9-11-13-15-17-19-21-23-25-27-29-31-33-37-41-38-35-40(36-39-41)34-32-30-28-26-24-22-20-18-16-14-12-10-8-6-4-2/h35-36,38-39H,3-34,37H2,1-2H3/q+1. The molecule has 0 atom stereocenters. The maximum Gasteiger partial charge on any atom is 0.169 e. The van der Waals surface area contributed by atoms with Gasteiger partial charge in [0.2, 0.25) is 0 Å². The summed E-state index contributed by atoms with van der Waals surface area (Å²) in [6.07, 6.45) is 50.7. The Morgan fingerprint density at radius 3 is 0.927 bits per heavy atom. The molecule has 1 rings (SSSR count). The van der Waals surface area contributed by atoms with E-state index >= 15 is 0 Å². The molecule has 0 bridgehead atoms. The highest BCUT2D eigenvalue weighted by atomic mass is 14.9. The highest BCUT2D eigenvalue weighted by molar-refractivity contribution is 5.07. The predicted molar refractivity (Wildman–Crippen MR) is 185 cm³/mol. The van der Waals surface area contributed by atoms with Gasteiger partial charge in [0, 0.05) is 18.6 Å². The van der Waals surface area contributed by atoms with Gasteiger partial charge in [0.05, 0.1) is 0 Å². The van der Waals surface area contributed by atoms with Crippen molar-refractivity contribution >= 4 is 0 Å². The molecule has 0 saturated heterocycles. The fourth-order valence-electron chi connectivity index (χ4n) is 6.35. The molecule has 1 aromatic rings. The second-order valence-corrected chi connectivity index (χ2v) is 13.4. The molecule has 0 aliphatic carbocycles. The Bertz CT molecular complexity index is 606. The van der Waals surface area contributed by atoms with E-state index in [1.54, 1.807) is 0 Å². The van der Waals surface area contributed by atoms with Gasteiger partial charge in [0.25, 0.3) is 0 Å². The lowest BCUT2D eigenvalue weighted by Crippen LogP contribution is -2.32. The number of pyridine rings is 1. The minimum atomic E-state index is 1.19. The van der Waals surface area contributed by atoms with Crippen molar-refractivity contribution in [3.05, 3.63) is 30.1 Å². The zero-order chi connectivity index (χ0) is 29.3. The average Bonchev–Trinajstić information content (AvgIpc) is 2.99. The molecule has 0 fully saturated rings. The Balaban J connectivity index is 1.81. The van der Waals surface area contributed by atoms with E-state index in [1.165, 1.54) is 218 Å². The minimum absolute atomic E-state index is 1.19. The number of aromatic nitrogens is 1. The SMILES string of the molecule is CCCCCCCCCCCCCCCCCC[n+]1ccc(CCCCCCCCCCCCCCCCC)cc1. The summed E-state index contributed by atoms with van der Waals surface area (Å²) in [6.45, 7) is 5.80. The fraction of sp³-hybridized carbons (Fsp3) is 0.875. The van der Waals surface area contributed by atoms with Gasteiger partial charge in [-0.2, -0.15) is 0 Å². The summed E-state index contributed by atoms with van der Waals surface area (Å²) in [6, 6.07) is 4.74. The van der Waals surface area contributed by atoms with Crippen molar-refractivity contribution in [1.29, 1.82) is 0 Å². The van der Waals surface area contributed by atoms with Crippen LogP contribution in [0.1, 0.15) is 218 Å². The maximum absolute atomic E-state index is 2.40. The molecule has 1 aromatic heterocycles. The van der Waals surface area contributed by atoms with E-state index in [-0.39, 0.29) is 0 Å². The second-order valence-electron chi connectivity index (χ2n) is 13.4. The number of nitrogens with zero attached hydrogens (tertiary/aromatic N) is 1. The highest BCUT2D eigenvalue weighted by Gasteiger charge is 2.02. The lowest BCUT2D eigenvalue weighted by atomic mass is 10.0. The molecule has 41 heavy (non-hydrogen) atoms. The summed E-state index contributed by atoms with van der Waals surface area (Å²) in [5.74, 6) is 0. The third-order valence-electron chi connectivity index (χ3n) is 9.30. The van der Waals surface area contributed by atoms with Crippen LogP contribution in [0.15, 0.2) is 24.5 Å². The molecule has 240 valence electrons. The topological polar surface area (TPSA) is 3.88 Å². The van der Waals surface area contributed by atoms with Crippen LogP contribution in [0.25, 0.3) is 0 Å². The first kappa shape index (κ1) is 38.2. The number of aryl methyl sites for hydroxylation is 2. The first-order valence-corrected chi connectivity index (χ1v) is 19.3. The van der Waals surface area contributed by atoms with Crippen LogP contribution in [0.3, 0.4) is 0 Å². The van der Waals surface area contributed by atoms with Gasteiger partial charge in [-0.05, 0) is 24.8 Å². The number of rotatable bonds is 33. The zero-order valence-electron chi connectivity index (χ0n) is 28.6. The Labute approximate surface area is 260 Å². The smallest absolute Gasteiger partial charge is 0.169 e. The van der Waals surface area contributed by atoms with E-state index in [4.69, 9.17) is 0 Å². The minimum Gasteiger partial charge on any atom is -0.205 e. The van der Waals surface area contributed by atoms with Crippen molar-refractivity contribution in [3.63, 3.8) is 0 Å². The lowest BCUT2D eigenvalue weighted by Gasteiger charge is -2.04. The van der Waals surface area contributed by atoms with E-state index < -0.39 is 0 Å². The lowest BCUT2D eigenvalue weighted by molar-refractivity contribution is -0.697. The molecule has 1 nitrogen and oxygen atoms in total. The van der Waals surface area contributed by atoms with Gasteiger partial charge in [-0.25, -0.2) is 4.57 Å². The molecule has 0 saturated carbocycles. The maximum atomic E-state index is 2.40. The van der Waals surface area contributed by atoms with Gasteiger partial charge < -0.3 is 0 Å². The molecule has 0 radical (unpaired) electrons. The first-order valence-electron chi connectivity index (χ1n) is 19.3. The predicted octanol–water partition coefficient (Wildman–Crippen LogP) is 13.6. The third-order valence-corrected chi connectivity index (χ3v) is 9.30. The first-order chi connectivity index (χ1) is 20.4. The molecule has 0 unspecified atom stereocenters. The Morgan fingerprint density at radius 1 is 0.341 bits per heavy atom. The summed E-state index contributed by atoms with van der Waals surface area (Å²) in [7, 11) is 0. The van der Waals surface area contributed by atoms with E-state index in [9.17, 15) is 0 Å². The van der Waals surface area contributed by atoms with Gasteiger partial charge in [-0.1, -0.05) is 194 Å². The summed E-state index contributed by atoms with van der Waals surface area (Å²) in [5, 5.41) is 0. The van der Waals surface area contributed by atoms with Crippen LogP contribution in [0.5, 0.6) is 0 Å². The molecule has 0 amide bonds. The molecule has 0 aliphatic rings. The number of unbranched alkanes of at least 4 members (excludes halogenated alkanes) is 29. The summed E-state index contributed by atoms with van der Waals surface area (Å²) < 4.78 is 2.40. The Hall–Kier alpha value is -0.850. The molecular weight excluding hydrogens is 494 g/mol. The van der Waals surface area contributed by atoms with Crippen molar-refractivity contribution in [2.45, 2.75) is 226 Å². The normalized spacial score (nSPS) is 11.5. The largest absolute Gasteiger partial charge is 0.205 e. The van der Waals surface area contributed by atoms with Crippen molar-refractivity contribution in [2.24, 2.45) is 0 Å². The average molecular weight is 571 g/mol. The summed E-state index contributed by atoms with van der Waals surface area (Å²) in [4.78, 5) is 0. The van der Waals surface area contributed by atoms with E-state index in [0.29, 0.717) is 0 Å². The molecule has 1 heteroatoms. The molecule has 1 heterocycles. The highest BCUT2D eigenvalue weighted by Crippen LogP contribution is 2.15. The van der Waals surface area contributed by atoms with Crippen LogP contribution >= 0.6 is 0 Å². The third kappa shape index (κ3) is 27.7. The van der Waals surface area contributed by atoms with Gasteiger partial charge >= 0.3 is 0 Å². The van der Waals surface area contributed by atoms with Crippen LogP contribution in [0.4, 0.5) is 0 Å². The van der Waals surface area contributed by atoms with Crippen LogP contribution in [0, 0.1) is 0 Å². The fourth-order valence-corrected chi connectivity index (χ4v) is 6.35. The molecule has 0 aromatic carbocycles. The Kier molecular flexibility index (Phi) is 29.9. The van der Waals surface area contributed by atoms with Crippen LogP contribution in [-0.2, 0) is 13.0 Å². The number of hydrogen-bond acceptors (Lipinski definition) is 0. The molecular formula is C40H76N+. The van der Waals surface area contributed by atoms with Crippen molar-refractivity contribution in [3.8, 4) is 0 Å². The van der Waals surface area contributed by atoms with E-state index in [0.717, 1.165) is 0 Å². The molecule has 0 N–H and O–H groups in total. The van der Waals surface area contributed by atoms with Crippen LogP contribution < -0.4 is 4.57 Å². The van der Waals surface area contributed by atoms with Crippen LogP contribution in [0.2, 0.25) is 0 Å². The monoisotopic (exact) mass is 571 g/mol. The van der Waals surface area contributed by atoms with E-state index in [1.807, 2.05) is 0 Å². The molecule has 0 aliphatic heterocycles. The summed E-state index contributed by atoms with van der Waals surface area (Å²) >= 11 is 0. The van der Waals surface area contributed by atoms with Crippen molar-refractivity contribution in [2.75, 3.05) is 0 Å². The van der Waals surface area contributed by atoms with Crippen molar-refractivity contribution < 1.29 is 4.57 Å². The van der Waals surface area contributed by atoms with E-state index in [2.05, 4.69) is 42.9 Å². The summed E-state index contributed by atoms with van der Waals surface area (Å²) in [5.41, 5.74) is 1.53. The van der Waals surface area contributed by atoms with Gasteiger partial charge in [0.15, 0.2) is 12.4 Å². The molecule has 0 spiro atoms. The Morgan fingerprint density at radius 2 is 0.610 bits per heavy atom. The zero-order valence-corrected chi connectivity index (χ0v) is 28.6. The van der Waals surface area contributed by atoms with Gasteiger partial charge in [-0.3, -0.25) is 0 Å².